The third-order valence-corrected chi connectivity index (χ3v) is 4.53. The van der Waals surface area contributed by atoms with Gasteiger partial charge in [0, 0.05) is 24.3 Å². The van der Waals surface area contributed by atoms with E-state index in [9.17, 15) is 0 Å². The highest BCUT2D eigenvalue weighted by molar-refractivity contribution is 5.16. The summed E-state index contributed by atoms with van der Waals surface area (Å²) in [6.45, 7) is 10.5. The van der Waals surface area contributed by atoms with E-state index in [2.05, 4.69) is 42.3 Å². The second kappa shape index (κ2) is 6.72. The fourth-order valence-electron chi connectivity index (χ4n) is 3.31. The largest absolute Gasteiger partial charge is 0.308 e. The zero-order valence-electron chi connectivity index (χ0n) is 13.5. The first kappa shape index (κ1) is 15.5. The van der Waals surface area contributed by atoms with E-state index < -0.39 is 0 Å². The van der Waals surface area contributed by atoms with E-state index in [0.29, 0.717) is 6.04 Å². The number of likely N-dealkylation sites (tertiary alicyclic amines) is 1. The lowest BCUT2D eigenvalue weighted by molar-refractivity contribution is 0.0607. The van der Waals surface area contributed by atoms with Gasteiger partial charge in [0.05, 0.1) is 12.2 Å². The van der Waals surface area contributed by atoms with Crippen molar-refractivity contribution in [3.63, 3.8) is 0 Å². The normalized spacial score (nSPS) is 19.2. The molecule has 0 amide bonds. The van der Waals surface area contributed by atoms with E-state index in [4.69, 9.17) is 0 Å². The molecule has 1 N–H and O–H groups in total. The van der Waals surface area contributed by atoms with Gasteiger partial charge in [-0.15, -0.1) is 0 Å². The van der Waals surface area contributed by atoms with Gasteiger partial charge in [0.25, 0.3) is 0 Å². The number of aromatic nitrogens is 2. The molecule has 1 aromatic heterocycles. The van der Waals surface area contributed by atoms with Crippen LogP contribution >= 0.6 is 0 Å². The van der Waals surface area contributed by atoms with Crippen molar-refractivity contribution in [1.29, 1.82) is 0 Å². The first-order chi connectivity index (χ1) is 9.55. The Morgan fingerprint density at radius 2 is 2.00 bits per heavy atom. The predicted molar refractivity (Wildman–Crippen MR) is 83.7 cm³/mol. The smallest absolute Gasteiger partial charge is 0.0538 e. The first-order valence-electron chi connectivity index (χ1n) is 8.02. The topological polar surface area (TPSA) is 33.1 Å². The summed E-state index contributed by atoms with van der Waals surface area (Å²) in [6, 6.07) is 0.342. The number of nitrogens with zero attached hydrogens (tertiary/aromatic N) is 3. The summed E-state index contributed by atoms with van der Waals surface area (Å²) in [5.74, 6) is 0. The van der Waals surface area contributed by atoms with Crippen molar-refractivity contribution >= 4 is 0 Å². The molecule has 2 heterocycles. The summed E-state index contributed by atoms with van der Waals surface area (Å²) in [5.41, 5.74) is 1.43. The summed E-state index contributed by atoms with van der Waals surface area (Å²) in [4.78, 5) is 2.65. The van der Waals surface area contributed by atoms with E-state index in [1.807, 2.05) is 17.9 Å². The van der Waals surface area contributed by atoms with Crippen LogP contribution in [0.4, 0.5) is 0 Å². The number of hydrogen-bond acceptors (Lipinski definition) is 3. The molecule has 114 valence electrons. The van der Waals surface area contributed by atoms with Gasteiger partial charge >= 0.3 is 0 Å². The van der Waals surface area contributed by atoms with Gasteiger partial charge in [-0.1, -0.05) is 13.3 Å². The zero-order chi connectivity index (χ0) is 14.6. The Hall–Kier alpha value is -0.870. The van der Waals surface area contributed by atoms with Crippen LogP contribution in [0, 0.1) is 0 Å². The average molecular weight is 278 g/mol. The summed E-state index contributed by atoms with van der Waals surface area (Å²) in [6.07, 6.45) is 9.37. The predicted octanol–water partition coefficient (Wildman–Crippen LogP) is 2.73. The summed E-state index contributed by atoms with van der Waals surface area (Å²) < 4.78 is 1.91. The van der Waals surface area contributed by atoms with Crippen LogP contribution in [0.2, 0.25) is 0 Å². The van der Waals surface area contributed by atoms with Gasteiger partial charge < -0.3 is 5.32 Å². The molecular formula is C16H30N4. The fourth-order valence-corrected chi connectivity index (χ4v) is 3.31. The molecule has 0 bridgehead atoms. The summed E-state index contributed by atoms with van der Waals surface area (Å²) in [7, 11) is 1.99. The van der Waals surface area contributed by atoms with E-state index in [1.54, 1.807) is 0 Å². The molecule has 1 aromatic rings. The molecule has 1 unspecified atom stereocenters. The van der Waals surface area contributed by atoms with Crippen LogP contribution in [0.25, 0.3) is 0 Å². The molecule has 1 fully saturated rings. The Labute approximate surface area is 123 Å². The molecule has 0 spiro atoms. The molecule has 1 saturated heterocycles. The third kappa shape index (κ3) is 3.41. The number of nitrogens with one attached hydrogen (secondary N) is 1. The monoisotopic (exact) mass is 278 g/mol. The van der Waals surface area contributed by atoms with Gasteiger partial charge in [0.2, 0.25) is 0 Å². The number of hydrogen-bond donors (Lipinski definition) is 1. The van der Waals surface area contributed by atoms with E-state index in [0.717, 1.165) is 13.0 Å². The molecule has 1 atom stereocenters. The SMILES string of the molecule is CCCNC(c1cnn(C)c1)C(C)(C)N1CCCCC1. The van der Waals surface area contributed by atoms with Gasteiger partial charge in [-0.25, -0.2) is 0 Å². The van der Waals surface area contributed by atoms with Crippen molar-refractivity contribution in [2.45, 2.75) is 58.0 Å². The van der Waals surface area contributed by atoms with Crippen molar-refractivity contribution in [3.8, 4) is 0 Å². The maximum atomic E-state index is 4.36. The van der Waals surface area contributed by atoms with E-state index in [1.165, 1.54) is 37.9 Å². The summed E-state index contributed by atoms with van der Waals surface area (Å²) in [5, 5.41) is 8.10. The second-order valence-corrected chi connectivity index (χ2v) is 6.54. The van der Waals surface area contributed by atoms with Crippen molar-refractivity contribution in [2.24, 2.45) is 7.05 Å². The van der Waals surface area contributed by atoms with Gasteiger partial charge in [0.15, 0.2) is 0 Å². The lowest BCUT2D eigenvalue weighted by Gasteiger charge is -2.46. The molecule has 1 aliphatic heterocycles. The average Bonchev–Trinajstić information content (AvgIpc) is 2.86. The second-order valence-electron chi connectivity index (χ2n) is 6.54. The molecule has 2 rings (SSSR count). The Kier molecular flexibility index (Phi) is 5.22. The quantitative estimate of drug-likeness (QED) is 0.868. The summed E-state index contributed by atoms with van der Waals surface area (Å²) >= 11 is 0. The molecule has 4 nitrogen and oxygen atoms in total. The van der Waals surface area contributed by atoms with Crippen molar-refractivity contribution in [2.75, 3.05) is 19.6 Å². The van der Waals surface area contributed by atoms with Gasteiger partial charge in [-0.3, -0.25) is 9.58 Å². The van der Waals surface area contributed by atoms with Gasteiger partial charge in [0.1, 0.15) is 0 Å². The maximum Gasteiger partial charge on any atom is 0.0538 e. The minimum absolute atomic E-state index is 0.124. The highest BCUT2D eigenvalue weighted by atomic mass is 15.3. The van der Waals surface area contributed by atoms with Gasteiger partial charge in [-0.2, -0.15) is 5.10 Å². The van der Waals surface area contributed by atoms with E-state index >= 15 is 0 Å². The van der Waals surface area contributed by atoms with Crippen molar-refractivity contribution in [1.82, 2.24) is 20.0 Å². The highest BCUT2D eigenvalue weighted by Gasteiger charge is 2.37. The minimum Gasteiger partial charge on any atom is -0.308 e. The molecule has 0 saturated carbocycles. The third-order valence-electron chi connectivity index (χ3n) is 4.53. The molecule has 0 aliphatic carbocycles. The number of aryl methyl sites for hydroxylation is 1. The van der Waals surface area contributed by atoms with Crippen LogP contribution in [0.5, 0.6) is 0 Å². The standard InChI is InChI=1S/C16H30N4/c1-5-9-17-15(14-12-18-19(4)13-14)16(2,3)20-10-7-6-8-11-20/h12-13,15,17H,5-11H2,1-4H3. The Morgan fingerprint density at radius 1 is 1.30 bits per heavy atom. The highest BCUT2D eigenvalue weighted by Crippen LogP contribution is 2.33. The van der Waals surface area contributed by atoms with Crippen LogP contribution in [0.3, 0.4) is 0 Å². The maximum absolute atomic E-state index is 4.36. The van der Waals surface area contributed by atoms with Crippen LogP contribution in [-0.2, 0) is 7.05 Å². The first-order valence-corrected chi connectivity index (χ1v) is 8.02. The molecule has 0 radical (unpaired) electrons. The van der Waals surface area contributed by atoms with Crippen molar-refractivity contribution in [3.05, 3.63) is 18.0 Å². The molecule has 1 aliphatic rings. The lowest BCUT2D eigenvalue weighted by Crippen LogP contribution is -2.54. The molecule has 0 aromatic carbocycles. The van der Waals surface area contributed by atoms with Crippen LogP contribution in [-0.4, -0.2) is 39.9 Å². The van der Waals surface area contributed by atoms with Crippen LogP contribution in [0.1, 0.15) is 58.1 Å². The fraction of sp³-hybridized carbons (Fsp3) is 0.812. The molecule has 4 heteroatoms. The zero-order valence-corrected chi connectivity index (χ0v) is 13.5. The molecular weight excluding hydrogens is 248 g/mol. The molecule has 20 heavy (non-hydrogen) atoms. The van der Waals surface area contributed by atoms with Gasteiger partial charge in [-0.05, 0) is 52.7 Å². The van der Waals surface area contributed by atoms with E-state index in [-0.39, 0.29) is 5.54 Å². The number of piperidine rings is 1. The Balaban J connectivity index is 2.19. The lowest BCUT2D eigenvalue weighted by atomic mass is 9.86. The Morgan fingerprint density at radius 3 is 2.55 bits per heavy atom. The van der Waals surface area contributed by atoms with Crippen molar-refractivity contribution < 1.29 is 0 Å². The number of rotatable bonds is 6. The van der Waals surface area contributed by atoms with Crippen LogP contribution in [0.15, 0.2) is 12.4 Å². The van der Waals surface area contributed by atoms with Crippen LogP contribution < -0.4 is 5.32 Å². The minimum atomic E-state index is 0.124. The Bertz CT molecular complexity index is 404.